The molecule has 0 fully saturated rings. The summed E-state index contributed by atoms with van der Waals surface area (Å²) in [5.41, 5.74) is 4.11. The number of methoxy groups -OCH3 is 3. The van der Waals surface area contributed by atoms with Gasteiger partial charge in [0.05, 0.1) is 27.5 Å². The molecule has 2 N–H and O–H groups in total. The molecule has 2 rings (SSSR count). The van der Waals surface area contributed by atoms with Crippen molar-refractivity contribution in [2.24, 2.45) is 5.10 Å². The number of nitrogens with zero attached hydrogens (tertiary/aromatic N) is 1. The molecule has 7 nitrogen and oxygen atoms in total. The Morgan fingerprint density at radius 2 is 1.82 bits per heavy atom. The molecule has 0 spiro atoms. The molecule has 0 bridgehead atoms. The number of hydrogen-bond donors (Lipinski definition) is 2. The Morgan fingerprint density at radius 1 is 1.14 bits per heavy atom. The third-order valence-corrected chi connectivity index (χ3v) is 4.46. The quantitative estimate of drug-likeness (QED) is 0.449. The number of nitrogens with one attached hydrogen (secondary N) is 2. The zero-order valence-electron chi connectivity index (χ0n) is 16.3. The fraction of sp³-hybridized carbons (Fsp3) is 0.300. The monoisotopic (exact) mass is 449 g/mol. The van der Waals surface area contributed by atoms with Crippen molar-refractivity contribution < 1.29 is 19.0 Å². The fourth-order valence-corrected chi connectivity index (χ4v) is 2.96. The molecule has 28 heavy (non-hydrogen) atoms. The molecule has 0 saturated heterocycles. The summed E-state index contributed by atoms with van der Waals surface area (Å²) in [6, 6.07) is 10.7. The van der Waals surface area contributed by atoms with Gasteiger partial charge in [-0.1, -0.05) is 28.9 Å². The molecule has 1 amide bonds. The van der Waals surface area contributed by atoms with Gasteiger partial charge in [-0.2, -0.15) is 5.10 Å². The minimum Gasteiger partial charge on any atom is -0.493 e. The fourth-order valence-electron chi connectivity index (χ4n) is 2.56. The summed E-state index contributed by atoms with van der Waals surface area (Å²) in [5.74, 6) is 1.29. The van der Waals surface area contributed by atoms with Crippen LogP contribution in [0.1, 0.15) is 18.9 Å². The lowest BCUT2D eigenvalue weighted by molar-refractivity contribution is -0.121. The van der Waals surface area contributed by atoms with Crippen LogP contribution in [0.25, 0.3) is 0 Å². The van der Waals surface area contributed by atoms with Gasteiger partial charge >= 0.3 is 0 Å². The molecule has 8 heteroatoms. The molecule has 2 aromatic carbocycles. The maximum atomic E-state index is 12.4. The summed E-state index contributed by atoms with van der Waals surface area (Å²) in [7, 11) is 4.62. The van der Waals surface area contributed by atoms with Crippen molar-refractivity contribution in [3.05, 3.63) is 46.4 Å². The highest BCUT2D eigenvalue weighted by Crippen LogP contribution is 2.37. The van der Waals surface area contributed by atoms with Crippen molar-refractivity contribution in [3.63, 3.8) is 0 Å². The minimum atomic E-state index is -0.411. The average molecular weight is 450 g/mol. The zero-order chi connectivity index (χ0) is 20.5. The predicted octanol–water partition coefficient (Wildman–Crippen LogP) is 3.82. The van der Waals surface area contributed by atoms with E-state index in [1.54, 1.807) is 26.4 Å². The molecule has 150 valence electrons. The van der Waals surface area contributed by atoms with Gasteiger partial charge in [-0.25, -0.2) is 5.43 Å². The van der Waals surface area contributed by atoms with Gasteiger partial charge in [-0.15, -0.1) is 0 Å². The van der Waals surface area contributed by atoms with Gasteiger partial charge in [0.1, 0.15) is 6.04 Å². The first-order valence-electron chi connectivity index (χ1n) is 8.67. The van der Waals surface area contributed by atoms with Crippen molar-refractivity contribution in [1.29, 1.82) is 0 Å². The predicted molar refractivity (Wildman–Crippen MR) is 114 cm³/mol. The molecule has 0 aliphatic rings. The van der Waals surface area contributed by atoms with E-state index in [0.29, 0.717) is 29.2 Å². The van der Waals surface area contributed by atoms with E-state index in [-0.39, 0.29) is 5.91 Å². The number of ether oxygens (including phenoxy) is 3. The first-order chi connectivity index (χ1) is 13.5. The molecule has 2 aromatic rings. The summed E-state index contributed by atoms with van der Waals surface area (Å²) < 4.78 is 16.9. The van der Waals surface area contributed by atoms with Crippen LogP contribution < -0.4 is 25.0 Å². The Balaban J connectivity index is 2.07. The highest BCUT2D eigenvalue weighted by atomic mass is 79.9. The maximum absolute atomic E-state index is 12.4. The van der Waals surface area contributed by atoms with Crippen LogP contribution in [0.2, 0.25) is 0 Å². The van der Waals surface area contributed by atoms with E-state index in [1.165, 1.54) is 13.3 Å². The van der Waals surface area contributed by atoms with E-state index < -0.39 is 6.04 Å². The lowest BCUT2D eigenvalue weighted by Gasteiger charge is -2.16. The highest BCUT2D eigenvalue weighted by Gasteiger charge is 2.16. The van der Waals surface area contributed by atoms with Gasteiger partial charge in [0, 0.05) is 15.7 Å². The number of benzene rings is 2. The Kier molecular flexibility index (Phi) is 8.13. The lowest BCUT2D eigenvalue weighted by Crippen LogP contribution is -2.36. The topological polar surface area (TPSA) is 81.2 Å². The average Bonchev–Trinajstić information content (AvgIpc) is 2.71. The third kappa shape index (κ3) is 5.63. The first-order valence-corrected chi connectivity index (χ1v) is 9.46. The molecular weight excluding hydrogens is 426 g/mol. The van der Waals surface area contributed by atoms with Crippen LogP contribution in [0.5, 0.6) is 17.2 Å². The molecule has 0 aliphatic heterocycles. The van der Waals surface area contributed by atoms with E-state index in [9.17, 15) is 4.79 Å². The van der Waals surface area contributed by atoms with E-state index in [4.69, 9.17) is 14.2 Å². The van der Waals surface area contributed by atoms with E-state index in [2.05, 4.69) is 31.8 Å². The second kappa shape index (κ2) is 10.6. The van der Waals surface area contributed by atoms with E-state index in [0.717, 1.165) is 10.2 Å². The van der Waals surface area contributed by atoms with Crippen molar-refractivity contribution in [2.45, 2.75) is 19.4 Å². The summed E-state index contributed by atoms with van der Waals surface area (Å²) in [5, 5.41) is 7.25. The molecule has 0 aromatic heterocycles. The van der Waals surface area contributed by atoms with Gasteiger partial charge in [-0.3, -0.25) is 4.79 Å². The van der Waals surface area contributed by atoms with Crippen LogP contribution in [0.4, 0.5) is 5.69 Å². The number of anilines is 1. The second-order valence-electron chi connectivity index (χ2n) is 5.81. The van der Waals surface area contributed by atoms with Crippen LogP contribution in [0.3, 0.4) is 0 Å². The van der Waals surface area contributed by atoms with Crippen LogP contribution in [-0.2, 0) is 4.79 Å². The summed E-state index contributed by atoms with van der Waals surface area (Å²) in [6.07, 6.45) is 2.13. The van der Waals surface area contributed by atoms with Crippen molar-refractivity contribution >= 4 is 33.7 Å². The maximum Gasteiger partial charge on any atom is 0.262 e. The van der Waals surface area contributed by atoms with Crippen molar-refractivity contribution in [3.8, 4) is 17.2 Å². The standard InChI is InChI=1S/C20H24BrN3O4/c1-5-16(23-15-8-6-7-14(21)11-15)20(25)24-22-12-13-9-17(26-2)19(28-4)18(10-13)27-3/h6-12,16,23H,5H2,1-4H3,(H,24,25)/b22-12-/t16-/m1/s1. The van der Waals surface area contributed by atoms with Gasteiger partial charge in [0.2, 0.25) is 5.75 Å². The molecular formula is C20H24BrN3O4. The lowest BCUT2D eigenvalue weighted by atomic mass is 10.2. The second-order valence-corrected chi connectivity index (χ2v) is 6.72. The number of hydrogen-bond acceptors (Lipinski definition) is 6. The van der Waals surface area contributed by atoms with Crippen molar-refractivity contribution in [1.82, 2.24) is 5.43 Å². The van der Waals surface area contributed by atoms with E-state index >= 15 is 0 Å². The molecule has 1 atom stereocenters. The SMILES string of the molecule is CC[C@@H](Nc1cccc(Br)c1)C(=O)N/N=C\c1cc(OC)c(OC)c(OC)c1. The molecule has 0 aliphatic carbocycles. The van der Waals surface area contributed by atoms with Crippen LogP contribution in [-0.4, -0.2) is 39.5 Å². The van der Waals surface area contributed by atoms with E-state index in [1.807, 2.05) is 31.2 Å². The van der Waals surface area contributed by atoms with Crippen molar-refractivity contribution in [2.75, 3.05) is 26.6 Å². The number of hydrazone groups is 1. The molecule has 0 unspecified atom stereocenters. The number of amides is 1. The third-order valence-electron chi connectivity index (χ3n) is 3.97. The Hall–Kier alpha value is -2.74. The zero-order valence-corrected chi connectivity index (χ0v) is 17.9. The first kappa shape index (κ1) is 21.6. The number of halogens is 1. The summed E-state index contributed by atoms with van der Waals surface area (Å²) in [4.78, 5) is 12.4. The van der Waals surface area contributed by atoms with Gasteiger partial charge < -0.3 is 19.5 Å². The van der Waals surface area contributed by atoms with Gasteiger partial charge in [0.25, 0.3) is 5.91 Å². The number of rotatable bonds is 9. The molecule has 0 saturated carbocycles. The highest BCUT2D eigenvalue weighted by molar-refractivity contribution is 9.10. The summed E-state index contributed by atoms with van der Waals surface area (Å²) in [6.45, 7) is 1.93. The number of carbonyl (C=O) groups is 1. The van der Waals surface area contributed by atoms with Crippen LogP contribution in [0.15, 0.2) is 46.0 Å². The van der Waals surface area contributed by atoms with Gasteiger partial charge in [-0.05, 0) is 36.8 Å². The Morgan fingerprint density at radius 3 is 2.36 bits per heavy atom. The Bertz CT molecular complexity index is 817. The molecule has 0 heterocycles. The van der Waals surface area contributed by atoms with Crippen LogP contribution >= 0.6 is 15.9 Å². The van der Waals surface area contributed by atoms with Crippen LogP contribution in [0, 0.1) is 0 Å². The van der Waals surface area contributed by atoms with Gasteiger partial charge in [0.15, 0.2) is 11.5 Å². The number of carbonyl (C=O) groups excluding carboxylic acids is 1. The Labute approximate surface area is 173 Å². The minimum absolute atomic E-state index is 0.230. The smallest absolute Gasteiger partial charge is 0.262 e. The normalized spacial score (nSPS) is 11.8. The molecule has 0 radical (unpaired) electrons. The summed E-state index contributed by atoms with van der Waals surface area (Å²) >= 11 is 3.42. The largest absolute Gasteiger partial charge is 0.493 e.